The number of rotatable bonds is 6. The number of aryl methyl sites for hydroxylation is 1. The van der Waals surface area contributed by atoms with Crippen LogP contribution in [0.2, 0.25) is 0 Å². The zero-order valence-corrected chi connectivity index (χ0v) is 15.5. The van der Waals surface area contributed by atoms with Gasteiger partial charge in [0.1, 0.15) is 5.82 Å². The SMILES string of the molecule is COCCc1ncc(CN2CCN(c3ccc(C)cc3)CC2C)cn1. The lowest BCUT2D eigenvalue weighted by atomic mass is 10.1. The van der Waals surface area contributed by atoms with Crippen LogP contribution in [0, 0.1) is 6.92 Å². The van der Waals surface area contributed by atoms with Crippen LogP contribution in [0.1, 0.15) is 23.9 Å². The fourth-order valence-electron chi connectivity index (χ4n) is 3.24. The van der Waals surface area contributed by atoms with Crippen LogP contribution in [0.15, 0.2) is 36.7 Å². The summed E-state index contributed by atoms with van der Waals surface area (Å²) in [6.07, 6.45) is 4.68. The van der Waals surface area contributed by atoms with E-state index in [2.05, 4.69) is 57.9 Å². The summed E-state index contributed by atoms with van der Waals surface area (Å²) in [7, 11) is 1.70. The summed E-state index contributed by atoms with van der Waals surface area (Å²) in [5.41, 5.74) is 3.81. The van der Waals surface area contributed by atoms with Crippen LogP contribution in [0.5, 0.6) is 0 Å². The molecule has 1 saturated heterocycles. The van der Waals surface area contributed by atoms with E-state index in [1.54, 1.807) is 7.11 Å². The van der Waals surface area contributed by atoms with Crippen molar-refractivity contribution in [1.82, 2.24) is 14.9 Å². The van der Waals surface area contributed by atoms with E-state index in [0.717, 1.165) is 38.4 Å². The smallest absolute Gasteiger partial charge is 0.130 e. The van der Waals surface area contributed by atoms with Crippen molar-refractivity contribution < 1.29 is 4.74 Å². The van der Waals surface area contributed by atoms with Crippen LogP contribution >= 0.6 is 0 Å². The Kier molecular flexibility index (Phi) is 6.00. The maximum Gasteiger partial charge on any atom is 0.130 e. The summed E-state index contributed by atoms with van der Waals surface area (Å²) in [5, 5.41) is 0. The normalized spacial score (nSPS) is 18.5. The third-order valence-corrected chi connectivity index (χ3v) is 4.84. The van der Waals surface area contributed by atoms with E-state index < -0.39 is 0 Å². The Balaban J connectivity index is 1.55. The molecule has 25 heavy (non-hydrogen) atoms. The van der Waals surface area contributed by atoms with Crippen molar-refractivity contribution in [2.75, 3.05) is 38.3 Å². The van der Waals surface area contributed by atoms with Crippen molar-refractivity contribution in [3.63, 3.8) is 0 Å². The topological polar surface area (TPSA) is 41.5 Å². The van der Waals surface area contributed by atoms with E-state index in [-0.39, 0.29) is 0 Å². The van der Waals surface area contributed by atoms with Crippen LogP contribution in [0.3, 0.4) is 0 Å². The highest BCUT2D eigenvalue weighted by Crippen LogP contribution is 2.20. The molecule has 0 aliphatic carbocycles. The molecule has 0 amide bonds. The van der Waals surface area contributed by atoms with Crippen molar-refractivity contribution in [1.29, 1.82) is 0 Å². The molecule has 1 aromatic heterocycles. The first-order chi connectivity index (χ1) is 12.2. The minimum Gasteiger partial charge on any atom is -0.384 e. The summed E-state index contributed by atoms with van der Waals surface area (Å²) in [6.45, 7) is 9.17. The first-order valence-corrected chi connectivity index (χ1v) is 9.00. The third kappa shape index (κ3) is 4.77. The Bertz CT molecular complexity index is 656. The monoisotopic (exact) mass is 340 g/mol. The van der Waals surface area contributed by atoms with E-state index in [4.69, 9.17) is 4.74 Å². The van der Waals surface area contributed by atoms with Crippen LogP contribution in [-0.4, -0.2) is 54.3 Å². The molecular formula is C20H28N4O. The number of methoxy groups -OCH3 is 1. The lowest BCUT2D eigenvalue weighted by molar-refractivity contribution is 0.180. The van der Waals surface area contributed by atoms with Gasteiger partial charge in [0.2, 0.25) is 0 Å². The Hall–Kier alpha value is -1.98. The van der Waals surface area contributed by atoms with Crippen LogP contribution in [-0.2, 0) is 17.7 Å². The number of hydrogen-bond acceptors (Lipinski definition) is 5. The molecule has 2 aromatic rings. The largest absolute Gasteiger partial charge is 0.384 e. The Morgan fingerprint density at radius 2 is 1.84 bits per heavy atom. The fourth-order valence-corrected chi connectivity index (χ4v) is 3.24. The molecule has 0 bridgehead atoms. The summed E-state index contributed by atoms with van der Waals surface area (Å²) in [4.78, 5) is 13.9. The molecule has 1 aliphatic heterocycles. The highest BCUT2D eigenvalue weighted by Gasteiger charge is 2.24. The van der Waals surface area contributed by atoms with E-state index in [9.17, 15) is 0 Å². The molecule has 0 radical (unpaired) electrons. The Labute approximate surface area is 150 Å². The van der Waals surface area contributed by atoms with Crippen LogP contribution < -0.4 is 4.90 Å². The van der Waals surface area contributed by atoms with Crippen molar-refractivity contribution >= 4 is 5.69 Å². The van der Waals surface area contributed by atoms with Crippen molar-refractivity contribution in [3.05, 3.63) is 53.6 Å². The number of nitrogens with zero attached hydrogens (tertiary/aromatic N) is 4. The predicted octanol–water partition coefficient (Wildman–Crippen LogP) is 2.68. The van der Waals surface area contributed by atoms with Gasteiger partial charge in [-0.3, -0.25) is 4.90 Å². The van der Waals surface area contributed by atoms with E-state index >= 15 is 0 Å². The number of hydrogen-bond donors (Lipinski definition) is 0. The molecule has 1 aromatic carbocycles. The standard InChI is InChI=1S/C20H28N4O/c1-16-4-6-19(7-5-16)24-10-9-23(17(2)14-24)15-18-12-21-20(22-13-18)8-11-25-3/h4-7,12-13,17H,8-11,14-15H2,1-3H3. The van der Waals surface area contributed by atoms with Crippen LogP contribution in [0.4, 0.5) is 5.69 Å². The number of piperazine rings is 1. The molecule has 5 heteroatoms. The number of ether oxygens (including phenoxy) is 1. The second-order valence-corrected chi connectivity index (χ2v) is 6.85. The van der Waals surface area contributed by atoms with Gasteiger partial charge in [0.15, 0.2) is 0 Å². The molecular weight excluding hydrogens is 312 g/mol. The quantitative estimate of drug-likeness (QED) is 0.809. The molecule has 0 spiro atoms. The molecule has 3 rings (SSSR count). The molecule has 1 fully saturated rings. The zero-order chi connectivity index (χ0) is 17.6. The lowest BCUT2D eigenvalue weighted by Crippen LogP contribution is -2.51. The number of benzene rings is 1. The molecule has 1 aliphatic rings. The van der Waals surface area contributed by atoms with Crippen LogP contribution in [0.25, 0.3) is 0 Å². The molecule has 1 atom stereocenters. The zero-order valence-electron chi connectivity index (χ0n) is 15.5. The van der Waals surface area contributed by atoms with Gasteiger partial charge < -0.3 is 9.64 Å². The van der Waals surface area contributed by atoms with E-state index in [1.165, 1.54) is 16.8 Å². The van der Waals surface area contributed by atoms with Gasteiger partial charge in [-0.25, -0.2) is 9.97 Å². The minimum atomic E-state index is 0.503. The van der Waals surface area contributed by atoms with Crippen molar-refractivity contribution in [3.8, 4) is 0 Å². The first kappa shape index (κ1) is 17.8. The summed E-state index contributed by atoms with van der Waals surface area (Å²) in [6, 6.07) is 9.33. The van der Waals surface area contributed by atoms with Gasteiger partial charge in [0, 0.05) is 69.4 Å². The molecule has 134 valence electrons. The highest BCUT2D eigenvalue weighted by molar-refractivity contribution is 5.48. The third-order valence-electron chi connectivity index (χ3n) is 4.84. The Morgan fingerprint density at radius 3 is 2.48 bits per heavy atom. The van der Waals surface area contributed by atoms with Gasteiger partial charge in [0.25, 0.3) is 0 Å². The Morgan fingerprint density at radius 1 is 1.12 bits per heavy atom. The second kappa shape index (κ2) is 8.41. The van der Waals surface area contributed by atoms with Gasteiger partial charge in [-0.1, -0.05) is 17.7 Å². The van der Waals surface area contributed by atoms with Gasteiger partial charge in [-0.05, 0) is 26.0 Å². The van der Waals surface area contributed by atoms with E-state index in [0.29, 0.717) is 12.6 Å². The van der Waals surface area contributed by atoms with E-state index in [1.807, 2.05) is 12.4 Å². The van der Waals surface area contributed by atoms with Gasteiger partial charge in [0.05, 0.1) is 6.61 Å². The number of anilines is 1. The summed E-state index contributed by atoms with van der Waals surface area (Å²) >= 11 is 0. The average molecular weight is 340 g/mol. The molecule has 1 unspecified atom stereocenters. The second-order valence-electron chi connectivity index (χ2n) is 6.85. The van der Waals surface area contributed by atoms with Crippen molar-refractivity contribution in [2.45, 2.75) is 32.9 Å². The molecule has 0 saturated carbocycles. The average Bonchev–Trinajstić information content (AvgIpc) is 2.63. The maximum absolute atomic E-state index is 5.07. The highest BCUT2D eigenvalue weighted by atomic mass is 16.5. The maximum atomic E-state index is 5.07. The first-order valence-electron chi connectivity index (χ1n) is 9.00. The fraction of sp³-hybridized carbons (Fsp3) is 0.500. The van der Waals surface area contributed by atoms with Gasteiger partial charge in [-0.2, -0.15) is 0 Å². The van der Waals surface area contributed by atoms with Crippen molar-refractivity contribution in [2.24, 2.45) is 0 Å². The van der Waals surface area contributed by atoms with Gasteiger partial charge in [-0.15, -0.1) is 0 Å². The molecule has 0 N–H and O–H groups in total. The lowest BCUT2D eigenvalue weighted by Gasteiger charge is -2.41. The molecule has 5 nitrogen and oxygen atoms in total. The molecule has 2 heterocycles. The predicted molar refractivity (Wildman–Crippen MR) is 101 cm³/mol. The minimum absolute atomic E-state index is 0.503. The summed E-state index contributed by atoms with van der Waals surface area (Å²) < 4.78 is 5.07. The van der Waals surface area contributed by atoms with Gasteiger partial charge >= 0.3 is 0 Å². The summed E-state index contributed by atoms with van der Waals surface area (Å²) in [5.74, 6) is 0.850. The number of aromatic nitrogens is 2.